The highest BCUT2D eigenvalue weighted by Crippen LogP contribution is 2.26. The van der Waals surface area contributed by atoms with Crippen LogP contribution >= 0.6 is 0 Å². The molecule has 2 aromatic rings. The van der Waals surface area contributed by atoms with Gasteiger partial charge in [-0.2, -0.15) is 4.31 Å². The van der Waals surface area contributed by atoms with E-state index in [0.29, 0.717) is 32.5 Å². The van der Waals surface area contributed by atoms with Gasteiger partial charge in [0.05, 0.1) is 23.7 Å². The summed E-state index contributed by atoms with van der Waals surface area (Å²) in [5.41, 5.74) is 0.154. The van der Waals surface area contributed by atoms with Gasteiger partial charge in [0, 0.05) is 26.7 Å². The smallest absolute Gasteiger partial charge is 0.273 e. The van der Waals surface area contributed by atoms with Gasteiger partial charge in [0.25, 0.3) is 5.91 Å². The number of rotatable bonds is 7. The van der Waals surface area contributed by atoms with Crippen molar-refractivity contribution in [2.24, 2.45) is 0 Å². The first-order chi connectivity index (χ1) is 13.4. The molecule has 0 bridgehead atoms. The molecule has 1 aliphatic rings. The molecule has 1 N–H and O–H groups in total. The number of halogens is 1. The lowest BCUT2D eigenvalue weighted by Crippen LogP contribution is -2.40. The summed E-state index contributed by atoms with van der Waals surface area (Å²) in [7, 11) is -2.27. The van der Waals surface area contributed by atoms with Gasteiger partial charge in [0.2, 0.25) is 10.0 Å². The average molecular weight is 411 g/mol. The Morgan fingerprint density at radius 3 is 3.00 bits per heavy atom. The van der Waals surface area contributed by atoms with Crippen molar-refractivity contribution in [3.63, 3.8) is 0 Å². The van der Waals surface area contributed by atoms with Gasteiger partial charge in [-0.25, -0.2) is 17.5 Å². The van der Waals surface area contributed by atoms with E-state index < -0.39 is 15.8 Å². The SMILES string of the molecule is COCCNC(=O)c1cn([C@@H]2CCCN(S(=O)(=O)c3cccc(F)c3)C2)nn1. The highest BCUT2D eigenvalue weighted by molar-refractivity contribution is 7.89. The Bertz CT molecular complexity index is 933. The summed E-state index contributed by atoms with van der Waals surface area (Å²) >= 11 is 0. The van der Waals surface area contributed by atoms with E-state index in [0.717, 1.165) is 6.07 Å². The number of nitrogens with one attached hydrogen (secondary N) is 1. The molecular weight excluding hydrogens is 389 g/mol. The van der Waals surface area contributed by atoms with Crippen LogP contribution in [0.2, 0.25) is 0 Å². The largest absolute Gasteiger partial charge is 0.383 e. The molecule has 3 rings (SSSR count). The number of aromatic nitrogens is 3. The van der Waals surface area contributed by atoms with Gasteiger partial charge in [0.15, 0.2) is 5.69 Å². The summed E-state index contributed by atoms with van der Waals surface area (Å²) in [6.07, 6.45) is 2.82. The van der Waals surface area contributed by atoms with Crippen LogP contribution in [-0.2, 0) is 14.8 Å². The van der Waals surface area contributed by atoms with Gasteiger partial charge in [0.1, 0.15) is 5.82 Å². The fourth-order valence-corrected chi connectivity index (χ4v) is 4.60. The standard InChI is InChI=1S/C17H22FN5O4S/c1-27-9-7-19-17(24)16-12-23(21-20-16)14-5-3-8-22(11-14)28(25,26)15-6-2-4-13(18)10-15/h2,4,6,10,12,14H,3,5,7-9,11H2,1H3,(H,19,24)/t14-/m1/s1. The van der Waals surface area contributed by atoms with Crippen molar-refractivity contribution in [1.29, 1.82) is 0 Å². The summed E-state index contributed by atoms with van der Waals surface area (Å²) in [6.45, 7) is 1.25. The van der Waals surface area contributed by atoms with Crippen molar-refractivity contribution in [3.8, 4) is 0 Å². The van der Waals surface area contributed by atoms with E-state index in [-0.39, 0.29) is 29.1 Å². The Morgan fingerprint density at radius 1 is 1.43 bits per heavy atom. The number of benzene rings is 1. The maximum Gasteiger partial charge on any atom is 0.273 e. The Hall–Kier alpha value is -2.37. The molecule has 1 saturated heterocycles. The fourth-order valence-electron chi connectivity index (χ4n) is 3.05. The second-order valence-electron chi connectivity index (χ2n) is 6.45. The predicted molar refractivity (Wildman–Crippen MR) is 97.7 cm³/mol. The summed E-state index contributed by atoms with van der Waals surface area (Å²) in [4.78, 5) is 12.0. The number of hydrogen-bond acceptors (Lipinski definition) is 6. The maximum absolute atomic E-state index is 13.4. The van der Waals surface area contributed by atoms with E-state index in [2.05, 4.69) is 15.6 Å². The molecule has 1 fully saturated rings. The van der Waals surface area contributed by atoms with Crippen molar-refractivity contribution < 1.29 is 22.3 Å². The van der Waals surface area contributed by atoms with E-state index in [1.165, 1.54) is 40.5 Å². The van der Waals surface area contributed by atoms with Crippen molar-refractivity contribution >= 4 is 15.9 Å². The van der Waals surface area contributed by atoms with Crippen LogP contribution in [0.3, 0.4) is 0 Å². The van der Waals surface area contributed by atoms with Crippen molar-refractivity contribution in [2.75, 3.05) is 33.4 Å². The van der Waals surface area contributed by atoms with E-state index in [1.54, 1.807) is 0 Å². The molecule has 0 spiro atoms. The lowest BCUT2D eigenvalue weighted by Gasteiger charge is -2.31. The van der Waals surface area contributed by atoms with Gasteiger partial charge in [-0.3, -0.25) is 4.79 Å². The first kappa shape index (κ1) is 20.4. The van der Waals surface area contributed by atoms with E-state index >= 15 is 0 Å². The highest BCUT2D eigenvalue weighted by atomic mass is 32.2. The van der Waals surface area contributed by atoms with Crippen LogP contribution in [0.5, 0.6) is 0 Å². The minimum Gasteiger partial charge on any atom is -0.383 e. The van der Waals surface area contributed by atoms with E-state index in [1.807, 2.05) is 0 Å². The van der Waals surface area contributed by atoms with Crippen molar-refractivity contribution in [1.82, 2.24) is 24.6 Å². The van der Waals surface area contributed by atoms with Crippen molar-refractivity contribution in [2.45, 2.75) is 23.8 Å². The van der Waals surface area contributed by atoms with Crippen LogP contribution in [0, 0.1) is 5.82 Å². The van der Waals surface area contributed by atoms with Gasteiger partial charge < -0.3 is 10.1 Å². The molecule has 28 heavy (non-hydrogen) atoms. The molecule has 9 nitrogen and oxygen atoms in total. The van der Waals surface area contributed by atoms with Crippen molar-refractivity contribution in [3.05, 3.63) is 42.0 Å². The third-order valence-electron chi connectivity index (χ3n) is 4.50. The third-order valence-corrected chi connectivity index (χ3v) is 6.36. The minimum absolute atomic E-state index is 0.0787. The number of ether oxygens (including phenoxy) is 1. The van der Waals surface area contributed by atoms with Crippen LogP contribution in [0.1, 0.15) is 29.4 Å². The highest BCUT2D eigenvalue weighted by Gasteiger charge is 2.32. The molecular formula is C17H22FN5O4S. The second-order valence-corrected chi connectivity index (χ2v) is 8.39. The summed E-state index contributed by atoms with van der Waals surface area (Å²) < 4.78 is 46.8. The molecule has 11 heteroatoms. The van der Waals surface area contributed by atoms with Crippen LogP contribution in [0.4, 0.5) is 4.39 Å². The van der Waals surface area contributed by atoms with Crippen LogP contribution in [0.15, 0.2) is 35.4 Å². The zero-order valence-corrected chi connectivity index (χ0v) is 16.2. The number of methoxy groups -OCH3 is 1. The van der Waals surface area contributed by atoms with E-state index in [4.69, 9.17) is 4.74 Å². The lowest BCUT2D eigenvalue weighted by molar-refractivity contribution is 0.0932. The number of carbonyl (C=O) groups excluding carboxylic acids is 1. The normalized spacial score (nSPS) is 18.1. The van der Waals surface area contributed by atoms with Gasteiger partial charge in [-0.15, -0.1) is 5.10 Å². The molecule has 1 aromatic carbocycles. The number of carbonyl (C=O) groups is 1. The van der Waals surface area contributed by atoms with Gasteiger partial charge in [-0.1, -0.05) is 11.3 Å². The number of amides is 1. The number of hydrogen-bond donors (Lipinski definition) is 1. The molecule has 1 aliphatic heterocycles. The molecule has 0 saturated carbocycles. The zero-order valence-electron chi connectivity index (χ0n) is 15.4. The summed E-state index contributed by atoms with van der Waals surface area (Å²) in [5.74, 6) is -0.974. The van der Waals surface area contributed by atoms with Gasteiger partial charge >= 0.3 is 0 Å². The monoisotopic (exact) mass is 411 g/mol. The number of nitrogens with zero attached hydrogens (tertiary/aromatic N) is 4. The Labute approximate surface area is 162 Å². The van der Waals surface area contributed by atoms with E-state index in [9.17, 15) is 17.6 Å². The first-order valence-electron chi connectivity index (χ1n) is 8.86. The minimum atomic E-state index is -3.81. The lowest BCUT2D eigenvalue weighted by atomic mass is 10.1. The molecule has 1 amide bonds. The molecule has 0 radical (unpaired) electrons. The van der Waals surface area contributed by atoms with Crippen LogP contribution in [0.25, 0.3) is 0 Å². The zero-order chi connectivity index (χ0) is 20.1. The molecule has 1 atom stereocenters. The quantitative estimate of drug-likeness (QED) is 0.676. The first-order valence-corrected chi connectivity index (χ1v) is 10.3. The van der Waals surface area contributed by atoms with Crippen LogP contribution < -0.4 is 5.32 Å². The summed E-state index contributed by atoms with van der Waals surface area (Å²) in [5, 5.41) is 10.5. The Balaban J connectivity index is 1.71. The number of piperidine rings is 1. The Kier molecular flexibility index (Phi) is 6.37. The third kappa shape index (κ3) is 4.54. The second kappa shape index (κ2) is 8.76. The molecule has 2 heterocycles. The summed E-state index contributed by atoms with van der Waals surface area (Å²) in [6, 6.07) is 4.70. The maximum atomic E-state index is 13.4. The van der Waals surface area contributed by atoms with Crippen LogP contribution in [-0.4, -0.2) is 67.0 Å². The number of sulfonamides is 1. The predicted octanol–water partition coefficient (Wildman–Crippen LogP) is 0.819. The topological polar surface area (TPSA) is 106 Å². The fraction of sp³-hybridized carbons (Fsp3) is 0.471. The van der Waals surface area contributed by atoms with Gasteiger partial charge in [-0.05, 0) is 31.0 Å². The average Bonchev–Trinajstić information content (AvgIpc) is 3.19. The molecule has 0 aliphatic carbocycles. The molecule has 0 unspecified atom stereocenters. The molecule has 1 aromatic heterocycles. The Morgan fingerprint density at radius 2 is 2.25 bits per heavy atom. The molecule has 152 valence electrons.